The Balaban J connectivity index is 1.38. The molecule has 1 atom stereocenters. The molecule has 2 N–H and O–H groups in total. The molecule has 1 fully saturated rings. The average molecular weight is 445 g/mol. The van der Waals surface area contributed by atoms with Gasteiger partial charge in [-0.1, -0.05) is 36.1 Å². The number of aliphatic hydroxyl groups is 2. The summed E-state index contributed by atoms with van der Waals surface area (Å²) in [5.41, 5.74) is 4.34. The minimum Gasteiger partial charge on any atom is -0.503 e. The van der Waals surface area contributed by atoms with E-state index in [0.29, 0.717) is 12.1 Å². The number of Topliss-reactive ketones (excluding diaryl/α,β-unsaturated/α-hetero) is 1. The fourth-order valence-electron chi connectivity index (χ4n) is 3.92. The highest BCUT2D eigenvalue weighted by Crippen LogP contribution is 2.27. The topological polar surface area (TPSA) is 82.4 Å². The highest BCUT2D eigenvalue weighted by atomic mass is 16.5. The van der Waals surface area contributed by atoms with Crippen molar-refractivity contribution in [1.82, 2.24) is 4.90 Å². The van der Waals surface area contributed by atoms with Crippen molar-refractivity contribution in [1.29, 1.82) is 0 Å². The summed E-state index contributed by atoms with van der Waals surface area (Å²) < 4.78 is 5.40. The Bertz CT molecular complexity index is 1090. The lowest BCUT2D eigenvalue weighted by Crippen LogP contribution is -2.35. The van der Waals surface area contributed by atoms with E-state index in [1.807, 2.05) is 36.4 Å². The Kier molecular flexibility index (Phi) is 7.69. The first-order valence-electron chi connectivity index (χ1n) is 11.2. The molecule has 2 heterocycles. The Hall–Kier alpha value is -3.24. The first-order chi connectivity index (χ1) is 16.1. The third kappa shape index (κ3) is 6.17. The summed E-state index contributed by atoms with van der Waals surface area (Å²) in [6, 6.07) is 16.0. The van der Waals surface area contributed by atoms with Gasteiger partial charge in [-0.2, -0.15) is 0 Å². The first kappa shape index (κ1) is 22.9. The van der Waals surface area contributed by atoms with Crippen LogP contribution in [0.1, 0.15) is 41.0 Å². The lowest BCUT2D eigenvalue weighted by molar-refractivity contribution is -0.117. The van der Waals surface area contributed by atoms with E-state index >= 15 is 0 Å². The predicted octanol–water partition coefficient (Wildman–Crippen LogP) is 3.20. The lowest BCUT2D eigenvalue weighted by Gasteiger charge is -2.26. The molecule has 2 aliphatic heterocycles. The number of ketones is 1. The van der Waals surface area contributed by atoms with Crippen LogP contribution in [0.2, 0.25) is 0 Å². The third-order valence-corrected chi connectivity index (χ3v) is 5.92. The number of morpholine rings is 1. The maximum absolute atomic E-state index is 11.7. The van der Waals surface area contributed by atoms with E-state index in [9.17, 15) is 15.0 Å². The minimum absolute atomic E-state index is 0.109. The van der Waals surface area contributed by atoms with Gasteiger partial charge in [0.25, 0.3) is 0 Å². The van der Waals surface area contributed by atoms with Crippen LogP contribution in [0, 0.1) is 11.8 Å². The molecule has 6 nitrogen and oxygen atoms in total. The summed E-state index contributed by atoms with van der Waals surface area (Å²) in [6.45, 7) is 4.36. The van der Waals surface area contributed by atoms with Crippen LogP contribution >= 0.6 is 0 Å². The standard InChI is InChI=1S/C27H28N2O4/c30-19-24(17-25-27(32)26(31)11-12-28-25)23-9-7-21(8-10-23)2-1-20-3-5-22(6-4-20)18-29-13-15-33-16-14-29/h3-10,12,24,30,32H,11,13-19H2. The number of aliphatic hydroxyl groups excluding tert-OH is 2. The molecule has 0 aliphatic carbocycles. The molecule has 0 aromatic heterocycles. The van der Waals surface area contributed by atoms with Crippen LogP contribution in [0.4, 0.5) is 0 Å². The zero-order valence-electron chi connectivity index (χ0n) is 18.5. The number of nitrogens with zero attached hydrogens (tertiary/aromatic N) is 2. The van der Waals surface area contributed by atoms with Crippen molar-refractivity contribution in [3.8, 4) is 11.8 Å². The first-order valence-corrected chi connectivity index (χ1v) is 11.2. The van der Waals surface area contributed by atoms with Crippen molar-refractivity contribution in [3.05, 3.63) is 82.2 Å². The van der Waals surface area contributed by atoms with Gasteiger partial charge in [0.05, 0.1) is 25.5 Å². The maximum atomic E-state index is 11.7. The zero-order chi connectivity index (χ0) is 23.0. The van der Waals surface area contributed by atoms with Gasteiger partial charge in [0.15, 0.2) is 5.76 Å². The van der Waals surface area contributed by atoms with Crippen LogP contribution in [0.3, 0.4) is 0 Å². The second-order valence-electron chi connectivity index (χ2n) is 8.28. The van der Waals surface area contributed by atoms with Crippen LogP contribution in [-0.4, -0.2) is 60.0 Å². The van der Waals surface area contributed by atoms with E-state index in [4.69, 9.17) is 4.74 Å². The highest BCUT2D eigenvalue weighted by molar-refractivity contribution is 6.03. The van der Waals surface area contributed by atoms with Gasteiger partial charge >= 0.3 is 0 Å². The summed E-state index contributed by atoms with van der Waals surface area (Å²) in [6.07, 6.45) is 1.91. The van der Waals surface area contributed by atoms with Crippen molar-refractivity contribution in [2.45, 2.75) is 25.3 Å². The lowest BCUT2D eigenvalue weighted by atomic mass is 9.93. The molecule has 2 aliphatic rings. The summed E-state index contributed by atoms with van der Waals surface area (Å²) in [5.74, 6) is 5.49. The largest absolute Gasteiger partial charge is 0.503 e. The third-order valence-electron chi connectivity index (χ3n) is 5.92. The summed E-state index contributed by atoms with van der Waals surface area (Å²) >= 11 is 0. The van der Waals surface area contributed by atoms with E-state index in [0.717, 1.165) is 49.5 Å². The fourth-order valence-corrected chi connectivity index (χ4v) is 3.92. The van der Waals surface area contributed by atoms with E-state index in [2.05, 4.69) is 33.9 Å². The number of hydrogen-bond donors (Lipinski definition) is 2. The van der Waals surface area contributed by atoms with Gasteiger partial charge < -0.3 is 14.9 Å². The molecule has 33 heavy (non-hydrogen) atoms. The van der Waals surface area contributed by atoms with E-state index in [-0.39, 0.29) is 30.5 Å². The molecule has 1 saturated heterocycles. The molecule has 0 bridgehead atoms. The molecule has 4 rings (SSSR count). The SMILES string of the molecule is O=C1CC=NC(CC(CO)c2ccc(C#Cc3ccc(CN4CCOCC4)cc3)cc2)=C1O. The van der Waals surface area contributed by atoms with Crippen molar-refractivity contribution < 1.29 is 19.7 Å². The van der Waals surface area contributed by atoms with Gasteiger partial charge in [0, 0.05) is 55.7 Å². The number of aliphatic imine (C=N–C) groups is 1. The van der Waals surface area contributed by atoms with Crippen LogP contribution in [0.5, 0.6) is 0 Å². The second kappa shape index (κ2) is 11.1. The maximum Gasteiger partial charge on any atom is 0.204 e. The molecule has 2 aromatic rings. The van der Waals surface area contributed by atoms with Gasteiger partial charge in [-0.05, 0) is 35.4 Å². The van der Waals surface area contributed by atoms with Gasteiger partial charge in [-0.3, -0.25) is 14.7 Å². The van der Waals surface area contributed by atoms with E-state index < -0.39 is 0 Å². The second-order valence-corrected chi connectivity index (χ2v) is 8.28. The zero-order valence-corrected chi connectivity index (χ0v) is 18.5. The van der Waals surface area contributed by atoms with Crippen LogP contribution in [-0.2, 0) is 16.1 Å². The monoisotopic (exact) mass is 444 g/mol. The Morgan fingerprint density at radius 2 is 1.64 bits per heavy atom. The normalized spacial score (nSPS) is 17.5. The van der Waals surface area contributed by atoms with Crippen molar-refractivity contribution >= 4 is 12.0 Å². The molecule has 0 radical (unpaired) electrons. The number of hydrogen-bond acceptors (Lipinski definition) is 6. The molecule has 2 aromatic carbocycles. The Morgan fingerprint density at radius 1 is 1.00 bits per heavy atom. The van der Waals surface area contributed by atoms with E-state index in [1.165, 1.54) is 11.8 Å². The van der Waals surface area contributed by atoms with Gasteiger partial charge in [0.2, 0.25) is 5.78 Å². The van der Waals surface area contributed by atoms with Gasteiger partial charge in [0.1, 0.15) is 0 Å². The molecular weight excluding hydrogens is 416 g/mol. The smallest absolute Gasteiger partial charge is 0.204 e. The molecule has 170 valence electrons. The van der Waals surface area contributed by atoms with E-state index in [1.54, 1.807) is 0 Å². The fraction of sp³-hybridized carbons (Fsp3) is 0.333. The van der Waals surface area contributed by atoms with Crippen LogP contribution < -0.4 is 0 Å². The molecule has 1 unspecified atom stereocenters. The highest BCUT2D eigenvalue weighted by Gasteiger charge is 2.21. The van der Waals surface area contributed by atoms with Crippen molar-refractivity contribution in [2.75, 3.05) is 32.9 Å². The molecular formula is C27H28N2O4. The number of carbonyl (C=O) groups is 1. The van der Waals surface area contributed by atoms with Crippen molar-refractivity contribution in [2.24, 2.45) is 4.99 Å². The van der Waals surface area contributed by atoms with Crippen LogP contribution in [0.15, 0.2) is 65.0 Å². The Labute approximate surface area is 194 Å². The Morgan fingerprint density at radius 3 is 2.27 bits per heavy atom. The molecule has 0 amide bonds. The predicted molar refractivity (Wildman–Crippen MR) is 127 cm³/mol. The number of ether oxygens (including phenoxy) is 1. The summed E-state index contributed by atoms with van der Waals surface area (Å²) in [5, 5.41) is 19.8. The molecule has 0 saturated carbocycles. The minimum atomic E-state index is -0.337. The van der Waals surface area contributed by atoms with Gasteiger partial charge in [-0.25, -0.2) is 0 Å². The summed E-state index contributed by atoms with van der Waals surface area (Å²) in [7, 11) is 0. The quantitative estimate of drug-likeness (QED) is 0.669. The molecule has 6 heteroatoms. The number of benzene rings is 2. The average Bonchev–Trinajstić information content (AvgIpc) is 2.86. The number of allylic oxidation sites excluding steroid dienone is 2. The summed E-state index contributed by atoms with van der Waals surface area (Å²) in [4.78, 5) is 18.2. The molecule has 0 spiro atoms. The van der Waals surface area contributed by atoms with Crippen LogP contribution in [0.25, 0.3) is 0 Å². The van der Waals surface area contributed by atoms with Crippen molar-refractivity contribution in [3.63, 3.8) is 0 Å². The number of carbonyl (C=O) groups excluding carboxylic acids is 1. The van der Waals surface area contributed by atoms with Gasteiger partial charge in [-0.15, -0.1) is 0 Å². The number of rotatable bonds is 6.